The summed E-state index contributed by atoms with van der Waals surface area (Å²) >= 11 is 1.86. The molecule has 25 heavy (non-hydrogen) atoms. The molecule has 1 atom stereocenters. The topological polar surface area (TPSA) is 48.9 Å². The summed E-state index contributed by atoms with van der Waals surface area (Å²) in [6.45, 7) is 12.3. The number of hydrogen-bond acceptors (Lipinski definition) is 4. The summed E-state index contributed by atoms with van der Waals surface area (Å²) in [6, 6.07) is 4.40. The van der Waals surface area contributed by atoms with Crippen molar-refractivity contribution in [1.82, 2.24) is 15.5 Å². The van der Waals surface area contributed by atoms with Crippen molar-refractivity contribution in [3.05, 3.63) is 21.9 Å². The lowest BCUT2D eigenvalue weighted by molar-refractivity contribution is -0.0284. The minimum atomic E-state index is 0. The maximum Gasteiger partial charge on any atom is 0.191 e. The van der Waals surface area contributed by atoms with E-state index < -0.39 is 0 Å². The van der Waals surface area contributed by atoms with Crippen LogP contribution in [0, 0.1) is 5.92 Å². The SMILES string of the molecule is CCc1ccc(CNC(=NC)NCC2CN(CC(C)C)CCO2)s1.I. The van der Waals surface area contributed by atoms with E-state index in [-0.39, 0.29) is 30.1 Å². The molecule has 7 heteroatoms. The van der Waals surface area contributed by atoms with Gasteiger partial charge in [-0.15, -0.1) is 35.3 Å². The first-order chi connectivity index (χ1) is 11.6. The minimum Gasteiger partial charge on any atom is -0.374 e. The van der Waals surface area contributed by atoms with Crippen molar-refractivity contribution >= 4 is 41.3 Å². The van der Waals surface area contributed by atoms with Gasteiger partial charge in [0, 0.05) is 43.0 Å². The molecule has 2 rings (SSSR count). The number of aliphatic imine (C=N–C) groups is 1. The van der Waals surface area contributed by atoms with Crippen LogP contribution in [0.25, 0.3) is 0 Å². The molecule has 1 unspecified atom stereocenters. The van der Waals surface area contributed by atoms with Crippen molar-refractivity contribution in [2.24, 2.45) is 10.9 Å². The Hall–Kier alpha value is -0.380. The molecule has 1 aromatic rings. The van der Waals surface area contributed by atoms with Crippen molar-refractivity contribution in [2.75, 3.05) is 39.8 Å². The number of rotatable bonds is 7. The highest BCUT2D eigenvalue weighted by molar-refractivity contribution is 14.0. The van der Waals surface area contributed by atoms with Gasteiger partial charge in [0.2, 0.25) is 0 Å². The van der Waals surface area contributed by atoms with Crippen LogP contribution in [-0.4, -0.2) is 56.8 Å². The summed E-state index contributed by atoms with van der Waals surface area (Å²) in [4.78, 5) is 9.57. The van der Waals surface area contributed by atoms with Crippen molar-refractivity contribution in [3.63, 3.8) is 0 Å². The zero-order valence-electron chi connectivity index (χ0n) is 15.9. The van der Waals surface area contributed by atoms with Crippen LogP contribution in [0.5, 0.6) is 0 Å². The normalized spacial score (nSPS) is 18.9. The van der Waals surface area contributed by atoms with Gasteiger partial charge < -0.3 is 15.4 Å². The van der Waals surface area contributed by atoms with Gasteiger partial charge >= 0.3 is 0 Å². The molecule has 0 radical (unpaired) electrons. The highest BCUT2D eigenvalue weighted by Crippen LogP contribution is 2.16. The summed E-state index contributed by atoms with van der Waals surface area (Å²) in [5.41, 5.74) is 0. The van der Waals surface area contributed by atoms with Gasteiger partial charge in [-0.25, -0.2) is 0 Å². The van der Waals surface area contributed by atoms with E-state index in [4.69, 9.17) is 4.74 Å². The molecule has 0 aromatic carbocycles. The molecule has 0 bridgehead atoms. The second-order valence-electron chi connectivity index (χ2n) is 6.67. The monoisotopic (exact) mass is 480 g/mol. The number of nitrogens with zero attached hydrogens (tertiary/aromatic N) is 2. The fraction of sp³-hybridized carbons (Fsp3) is 0.722. The third-order valence-corrected chi connectivity index (χ3v) is 5.29. The molecule has 1 aliphatic rings. The summed E-state index contributed by atoms with van der Waals surface area (Å²) in [5.74, 6) is 1.54. The van der Waals surface area contributed by atoms with E-state index in [1.165, 1.54) is 9.75 Å². The summed E-state index contributed by atoms with van der Waals surface area (Å²) in [5, 5.41) is 6.78. The summed E-state index contributed by atoms with van der Waals surface area (Å²) < 4.78 is 5.88. The van der Waals surface area contributed by atoms with E-state index in [2.05, 4.69) is 53.4 Å². The number of thiophene rings is 1. The molecule has 0 amide bonds. The molecule has 5 nitrogen and oxygen atoms in total. The lowest BCUT2D eigenvalue weighted by Crippen LogP contribution is -2.50. The second kappa shape index (κ2) is 12.1. The van der Waals surface area contributed by atoms with Crippen LogP contribution in [0.15, 0.2) is 17.1 Å². The quantitative estimate of drug-likeness (QED) is 0.358. The molecule has 1 aromatic heterocycles. The molecular formula is C18H33IN4OS. The van der Waals surface area contributed by atoms with Crippen LogP contribution in [-0.2, 0) is 17.7 Å². The van der Waals surface area contributed by atoms with Crippen molar-refractivity contribution < 1.29 is 4.74 Å². The maximum atomic E-state index is 5.88. The first kappa shape index (κ1) is 22.7. The van der Waals surface area contributed by atoms with Crippen LogP contribution in [0.3, 0.4) is 0 Å². The largest absolute Gasteiger partial charge is 0.374 e. The lowest BCUT2D eigenvalue weighted by atomic mass is 10.2. The molecule has 2 N–H and O–H groups in total. The lowest BCUT2D eigenvalue weighted by Gasteiger charge is -2.34. The number of guanidine groups is 1. The number of morpholine rings is 1. The molecule has 1 saturated heterocycles. The molecule has 0 saturated carbocycles. The maximum absolute atomic E-state index is 5.88. The third kappa shape index (κ3) is 8.23. The zero-order chi connectivity index (χ0) is 17.4. The summed E-state index contributed by atoms with van der Waals surface area (Å²) in [7, 11) is 1.81. The average Bonchev–Trinajstić information content (AvgIpc) is 3.03. The van der Waals surface area contributed by atoms with E-state index in [1.54, 1.807) is 0 Å². The molecule has 144 valence electrons. The second-order valence-corrected chi connectivity index (χ2v) is 7.93. The number of hydrogen-bond donors (Lipinski definition) is 2. The Balaban J connectivity index is 0.00000312. The standard InChI is InChI=1S/C18H32N4OS.HI/c1-5-16-6-7-17(24-16)11-21-18(19-4)20-10-15-13-22(8-9-23-15)12-14(2)3;/h6-7,14-15H,5,8-13H2,1-4H3,(H2,19,20,21);1H. The van der Waals surface area contributed by atoms with Gasteiger partial charge in [-0.05, 0) is 24.5 Å². The highest BCUT2D eigenvalue weighted by atomic mass is 127. The van der Waals surface area contributed by atoms with Crippen LogP contribution in [0.1, 0.15) is 30.5 Å². The Morgan fingerprint density at radius 2 is 2.12 bits per heavy atom. The van der Waals surface area contributed by atoms with Gasteiger partial charge in [-0.2, -0.15) is 0 Å². The Morgan fingerprint density at radius 1 is 1.36 bits per heavy atom. The van der Waals surface area contributed by atoms with Crippen molar-refractivity contribution in [2.45, 2.75) is 39.8 Å². The van der Waals surface area contributed by atoms with E-state index >= 15 is 0 Å². The van der Waals surface area contributed by atoms with E-state index in [0.29, 0.717) is 5.92 Å². The Kier molecular flexibility index (Phi) is 11.0. The van der Waals surface area contributed by atoms with Crippen molar-refractivity contribution in [1.29, 1.82) is 0 Å². The number of aryl methyl sites for hydroxylation is 1. The molecule has 2 heterocycles. The Bertz CT molecular complexity index is 521. The van der Waals surface area contributed by atoms with E-state index in [1.807, 2.05) is 18.4 Å². The molecule has 1 aliphatic heterocycles. The highest BCUT2D eigenvalue weighted by Gasteiger charge is 2.21. The molecule has 0 aliphatic carbocycles. The molecular weight excluding hydrogens is 447 g/mol. The summed E-state index contributed by atoms with van der Waals surface area (Å²) in [6.07, 6.45) is 1.33. The van der Waals surface area contributed by atoms with Crippen molar-refractivity contribution in [3.8, 4) is 0 Å². The first-order valence-corrected chi connectivity index (χ1v) is 9.78. The van der Waals surface area contributed by atoms with Crippen LogP contribution >= 0.6 is 35.3 Å². The average molecular weight is 480 g/mol. The number of ether oxygens (including phenoxy) is 1. The predicted octanol–water partition coefficient (Wildman–Crippen LogP) is 2.95. The number of halogens is 1. The van der Waals surface area contributed by atoms with E-state index in [9.17, 15) is 0 Å². The van der Waals surface area contributed by atoms with Gasteiger partial charge in [0.15, 0.2) is 5.96 Å². The van der Waals surface area contributed by atoms with Gasteiger partial charge in [0.1, 0.15) is 0 Å². The Morgan fingerprint density at radius 3 is 2.76 bits per heavy atom. The number of nitrogens with one attached hydrogen (secondary N) is 2. The van der Waals surface area contributed by atoms with Gasteiger partial charge in [-0.3, -0.25) is 9.89 Å². The Labute approximate surface area is 173 Å². The zero-order valence-corrected chi connectivity index (χ0v) is 19.0. The first-order valence-electron chi connectivity index (χ1n) is 8.96. The smallest absolute Gasteiger partial charge is 0.191 e. The fourth-order valence-electron chi connectivity index (χ4n) is 2.90. The van der Waals surface area contributed by atoms with Gasteiger partial charge in [-0.1, -0.05) is 20.8 Å². The van der Waals surface area contributed by atoms with E-state index in [0.717, 1.165) is 51.7 Å². The minimum absolute atomic E-state index is 0. The van der Waals surface area contributed by atoms with Crippen LogP contribution in [0.4, 0.5) is 0 Å². The molecule has 0 spiro atoms. The fourth-order valence-corrected chi connectivity index (χ4v) is 3.79. The predicted molar refractivity (Wildman–Crippen MR) is 118 cm³/mol. The van der Waals surface area contributed by atoms with Gasteiger partial charge in [0.05, 0.1) is 19.3 Å². The third-order valence-electron chi connectivity index (χ3n) is 4.06. The van der Waals surface area contributed by atoms with Crippen LogP contribution < -0.4 is 10.6 Å². The van der Waals surface area contributed by atoms with Gasteiger partial charge in [0.25, 0.3) is 0 Å². The van der Waals surface area contributed by atoms with Crippen LogP contribution in [0.2, 0.25) is 0 Å². The molecule has 1 fully saturated rings.